The van der Waals surface area contributed by atoms with E-state index in [1.807, 2.05) is 31.2 Å². The number of thiocarbonyl (C=S) groups is 1. The molecular weight excluding hydrogens is 310 g/mol. The second-order valence-corrected chi connectivity index (χ2v) is 5.68. The molecule has 2 aromatic rings. The lowest BCUT2D eigenvalue weighted by Gasteiger charge is -2.11. The molecule has 0 unspecified atom stereocenters. The number of aromatic hydroxyl groups is 1. The van der Waals surface area contributed by atoms with Gasteiger partial charge in [0.05, 0.1) is 11.1 Å². The van der Waals surface area contributed by atoms with E-state index >= 15 is 0 Å². The van der Waals surface area contributed by atoms with E-state index in [1.165, 1.54) is 4.90 Å². The lowest BCUT2D eigenvalue weighted by atomic mass is 10.1. The van der Waals surface area contributed by atoms with E-state index < -0.39 is 0 Å². The quantitative estimate of drug-likeness (QED) is 0.678. The van der Waals surface area contributed by atoms with Crippen LogP contribution in [0.2, 0.25) is 0 Å². The normalized spacial score (nSPS) is 14.7. The Hall–Kier alpha value is -2.47. The highest BCUT2D eigenvalue weighted by Crippen LogP contribution is 2.33. The van der Waals surface area contributed by atoms with E-state index in [2.05, 4.69) is 11.6 Å². The van der Waals surface area contributed by atoms with Crippen molar-refractivity contribution >= 4 is 39.9 Å². The molecule has 23 heavy (non-hydrogen) atoms. The number of rotatable bonds is 5. The van der Waals surface area contributed by atoms with Crippen LogP contribution in [0, 0.1) is 0 Å². The van der Waals surface area contributed by atoms with Gasteiger partial charge in [0.1, 0.15) is 5.71 Å². The zero-order valence-electron chi connectivity index (χ0n) is 12.8. The summed E-state index contributed by atoms with van der Waals surface area (Å²) < 4.78 is 1.81. The maximum Gasteiger partial charge on any atom is 0.279 e. The Morgan fingerprint density at radius 3 is 2.83 bits per heavy atom. The topological polar surface area (TPSA) is 57.8 Å². The van der Waals surface area contributed by atoms with Crippen LogP contribution in [0.1, 0.15) is 18.9 Å². The summed E-state index contributed by atoms with van der Waals surface area (Å²) >= 11 is 5.17. The number of amides is 1. The van der Waals surface area contributed by atoms with Gasteiger partial charge < -0.3 is 9.67 Å². The number of hydrogen-bond donors (Lipinski definition) is 1. The van der Waals surface area contributed by atoms with Crippen LogP contribution < -0.4 is 0 Å². The number of fused-ring (bicyclic) bond motifs is 1. The summed E-state index contributed by atoms with van der Waals surface area (Å²) in [5.74, 6) is -0.243. The van der Waals surface area contributed by atoms with Gasteiger partial charge >= 0.3 is 0 Å². The number of para-hydroxylation sites is 1. The maximum absolute atomic E-state index is 12.6. The number of nitrogens with zero attached hydrogens (tertiary/aromatic N) is 3. The Bertz CT molecular complexity index is 851. The first-order chi connectivity index (χ1) is 11.1. The molecule has 2 heterocycles. The highest BCUT2D eigenvalue weighted by atomic mass is 32.1. The number of aromatic nitrogens is 1. The average molecular weight is 327 g/mol. The minimum absolute atomic E-state index is 0.0587. The van der Waals surface area contributed by atoms with Gasteiger partial charge in [-0.25, -0.2) is 4.99 Å². The Balaban J connectivity index is 2.20. The summed E-state index contributed by atoms with van der Waals surface area (Å²) in [6.45, 7) is 6.63. The third-order valence-corrected chi connectivity index (χ3v) is 4.14. The fourth-order valence-corrected chi connectivity index (χ4v) is 3.09. The summed E-state index contributed by atoms with van der Waals surface area (Å²) in [7, 11) is 0. The van der Waals surface area contributed by atoms with Crippen molar-refractivity contribution in [1.82, 2.24) is 9.47 Å². The lowest BCUT2D eigenvalue weighted by Crippen LogP contribution is -2.32. The molecule has 1 aliphatic heterocycles. The van der Waals surface area contributed by atoms with Gasteiger partial charge in [0.15, 0.2) is 0 Å². The predicted molar refractivity (Wildman–Crippen MR) is 94.9 cm³/mol. The number of aliphatic imine (C=N–C) groups is 1. The molecule has 0 bridgehead atoms. The molecule has 1 aromatic heterocycles. The van der Waals surface area contributed by atoms with Gasteiger partial charge in [-0.05, 0) is 24.7 Å². The van der Waals surface area contributed by atoms with E-state index in [0.29, 0.717) is 18.7 Å². The van der Waals surface area contributed by atoms with Gasteiger partial charge in [-0.3, -0.25) is 9.69 Å². The Morgan fingerprint density at radius 2 is 2.13 bits per heavy atom. The second-order valence-electron chi connectivity index (χ2n) is 5.31. The minimum Gasteiger partial charge on any atom is -0.494 e. The molecule has 0 atom stereocenters. The standard InChI is InChI=1S/C17H17N3O2S/c1-3-9-19-12-8-6-5-7-11(12)13(15(19)21)14-16(22)20(10-4-2)17(23)18-14/h4-8,21H,2-3,9-10H2,1H3. The fourth-order valence-electron chi connectivity index (χ4n) is 2.84. The third kappa shape index (κ3) is 2.35. The highest BCUT2D eigenvalue weighted by molar-refractivity contribution is 7.80. The largest absolute Gasteiger partial charge is 0.494 e. The van der Waals surface area contributed by atoms with Crippen LogP contribution in [0.25, 0.3) is 10.9 Å². The Labute approximate surface area is 139 Å². The highest BCUT2D eigenvalue weighted by Gasteiger charge is 2.34. The first kappa shape index (κ1) is 15.4. The Morgan fingerprint density at radius 1 is 1.39 bits per heavy atom. The van der Waals surface area contributed by atoms with Gasteiger partial charge in [0.25, 0.3) is 5.91 Å². The molecular formula is C17H17N3O2S. The smallest absolute Gasteiger partial charge is 0.279 e. The van der Waals surface area contributed by atoms with Crippen molar-refractivity contribution in [3.8, 4) is 5.88 Å². The van der Waals surface area contributed by atoms with E-state index in [4.69, 9.17) is 12.2 Å². The molecule has 118 valence electrons. The molecule has 0 spiro atoms. The molecule has 0 fully saturated rings. The second kappa shape index (κ2) is 5.96. The summed E-state index contributed by atoms with van der Waals surface area (Å²) in [6, 6.07) is 7.59. The third-order valence-electron chi connectivity index (χ3n) is 3.83. The molecule has 0 radical (unpaired) electrons. The maximum atomic E-state index is 12.6. The molecule has 1 N–H and O–H groups in total. The minimum atomic E-state index is -0.301. The SMILES string of the molecule is C=CCN1C(=O)C(c2c(O)n(CCC)c3ccccc23)=NC1=S. The molecule has 0 aliphatic carbocycles. The number of aryl methyl sites for hydroxylation is 1. The van der Waals surface area contributed by atoms with Crippen molar-refractivity contribution in [2.45, 2.75) is 19.9 Å². The monoisotopic (exact) mass is 327 g/mol. The summed E-state index contributed by atoms with van der Waals surface area (Å²) in [6.07, 6.45) is 2.47. The van der Waals surface area contributed by atoms with Gasteiger partial charge in [-0.15, -0.1) is 6.58 Å². The number of carbonyl (C=O) groups excluding carboxylic acids is 1. The zero-order valence-corrected chi connectivity index (χ0v) is 13.6. The molecule has 1 aromatic carbocycles. The van der Waals surface area contributed by atoms with Crippen molar-refractivity contribution in [2.75, 3.05) is 6.54 Å². The van der Waals surface area contributed by atoms with Gasteiger partial charge in [-0.1, -0.05) is 31.2 Å². The molecule has 6 heteroatoms. The van der Waals surface area contributed by atoms with Crippen molar-refractivity contribution in [2.24, 2.45) is 4.99 Å². The molecule has 5 nitrogen and oxygen atoms in total. The number of carbonyl (C=O) groups is 1. The predicted octanol–water partition coefficient (Wildman–Crippen LogP) is 2.86. The van der Waals surface area contributed by atoms with E-state index in [1.54, 1.807) is 10.6 Å². The summed E-state index contributed by atoms with van der Waals surface area (Å²) in [5.41, 5.74) is 1.53. The molecule has 3 rings (SSSR count). The van der Waals surface area contributed by atoms with Crippen molar-refractivity contribution in [3.05, 3.63) is 42.5 Å². The van der Waals surface area contributed by atoms with Crippen molar-refractivity contribution in [1.29, 1.82) is 0 Å². The molecule has 1 amide bonds. The van der Waals surface area contributed by atoms with Crippen LogP contribution in [0.5, 0.6) is 5.88 Å². The van der Waals surface area contributed by atoms with Crippen LogP contribution in [-0.2, 0) is 11.3 Å². The van der Waals surface area contributed by atoms with Gasteiger partial charge in [-0.2, -0.15) is 0 Å². The Kier molecular flexibility index (Phi) is 4.00. The van der Waals surface area contributed by atoms with Gasteiger partial charge in [0.2, 0.25) is 11.0 Å². The van der Waals surface area contributed by atoms with Crippen LogP contribution in [-0.4, -0.2) is 37.8 Å². The summed E-state index contributed by atoms with van der Waals surface area (Å²) in [4.78, 5) is 18.2. The zero-order chi connectivity index (χ0) is 16.6. The summed E-state index contributed by atoms with van der Waals surface area (Å²) in [5, 5.41) is 11.7. The van der Waals surface area contributed by atoms with Crippen LogP contribution in [0.15, 0.2) is 41.9 Å². The van der Waals surface area contributed by atoms with Gasteiger partial charge in [0, 0.05) is 18.5 Å². The lowest BCUT2D eigenvalue weighted by molar-refractivity contribution is -0.119. The van der Waals surface area contributed by atoms with Crippen LogP contribution in [0.3, 0.4) is 0 Å². The first-order valence-corrected chi connectivity index (χ1v) is 7.87. The fraction of sp³-hybridized carbons (Fsp3) is 0.235. The first-order valence-electron chi connectivity index (χ1n) is 7.46. The number of hydrogen-bond acceptors (Lipinski definition) is 3. The van der Waals surface area contributed by atoms with Crippen LogP contribution in [0.4, 0.5) is 0 Å². The van der Waals surface area contributed by atoms with Crippen molar-refractivity contribution in [3.63, 3.8) is 0 Å². The van der Waals surface area contributed by atoms with Crippen molar-refractivity contribution < 1.29 is 9.90 Å². The average Bonchev–Trinajstić information content (AvgIpc) is 2.97. The number of benzene rings is 1. The van der Waals surface area contributed by atoms with E-state index in [9.17, 15) is 9.90 Å². The van der Waals surface area contributed by atoms with E-state index in [0.717, 1.165) is 17.3 Å². The van der Waals surface area contributed by atoms with E-state index in [-0.39, 0.29) is 22.6 Å². The molecule has 0 saturated carbocycles. The van der Waals surface area contributed by atoms with Crippen LogP contribution >= 0.6 is 12.2 Å². The molecule has 0 saturated heterocycles. The molecule has 1 aliphatic rings.